The summed E-state index contributed by atoms with van der Waals surface area (Å²) >= 11 is 0. The zero-order valence-corrected chi connectivity index (χ0v) is 10.9. The number of rotatable bonds is 3. The molecule has 1 fully saturated rings. The second kappa shape index (κ2) is 5.66. The van der Waals surface area contributed by atoms with Gasteiger partial charge < -0.3 is 9.84 Å². The van der Waals surface area contributed by atoms with Gasteiger partial charge in [0.05, 0.1) is 6.42 Å². The molecule has 0 spiro atoms. The fourth-order valence-corrected chi connectivity index (χ4v) is 2.43. The molecule has 20 heavy (non-hydrogen) atoms. The smallest absolute Gasteiger partial charge is 0.231 e. The Bertz CT molecular complexity index is 574. The molecule has 1 N–H and O–H groups in total. The van der Waals surface area contributed by atoms with Gasteiger partial charge in [-0.3, -0.25) is 0 Å². The number of nitrogens with one attached hydrogen (secondary N) is 1. The van der Waals surface area contributed by atoms with E-state index in [0.717, 1.165) is 25.9 Å². The van der Waals surface area contributed by atoms with E-state index in [0.29, 0.717) is 5.82 Å². The maximum atomic E-state index is 13.6. The summed E-state index contributed by atoms with van der Waals surface area (Å²) in [5.74, 6) is -0.113. The van der Waals surface area contributed by atoms with E-state index in [2.05, 4.69) is 15.5 Å². The summed E-state index contributed by atoms with van der Waals surface area (Å²) in [4.78, 5) is 4.26. The van der Waals surface area contributed by atoms with Crippen molar-refractivity contribution in [3.8, 4) is 0 Å². The predicted molar refractivity (Wildman–Crippen MR) is 68.3 cm³/mol. The van der Waals surface area contributed by atoms with Gasteiger partial charge in [-0.15, -0.1) is 0 Å². The van der Waals surface area contributed by atoms with E-state index in [-0.39, 0.29) is 23.8 Å². The van der Waals surface area contributed by atoms with Crippen LogP contribution in [-0.4, -0.2) is 23.2 Å². The molecule has 106 valence electrons. The largest absolute Gasteiger partial charge is 0.339 e. The van der Waals surface area contributed by atoms with E-state index in [1.807, 2.05) is 0 Å². The molecule has 1 aromatic carbocycles. The summed E-state index contributed by atoms with van der Waals surface area (Å²) < 4.78 is 32.2. The Hall–Kier alpha value is -1.82. The number of halogens is 2. The molecule has 1 saturated heterocycles. The van der Waals surface area contributed by atoms with Crippen LogP contribution in [0, 0.1) is 11.6 Å². The van der Waals surface area contributed by atoms with Crippen molar-refractivity contribution < 1.29 is 13.3 Å². The predicted octanol–water partition coefficient (Wildman–Crippen LogP) is 2.41. The molecule has 2 heterocycles. The first-order valence-electron chi connectivity index (χ1n) is 6.70. The molecule has 2 aromatic rings. The van der Waals surface area contributed by atoms with Crippen LogP contribution in [0.15, 0.2) is 22.7 Å². The van der Waals surface area contributed by atoms with Gasteiger partial charge in [0.25, 0.3) is 0 Å². The van der Waals surface area contributed by atoms with E-state index in [9.17, 15) is 8.78 Å². The minimum atomic E-state index is -0.593. The van der Waals surface area contributed by atoms with E-state index in [1.165, 1.54) is 18.2 Å². The van der Waals surface area contributed by atoms with Gasteiger partial charge in [-0.2, -0.15) is 4.98 Å². The van der Waals surface area contributed by atoms with Gasteiger partial charge in [-0.1, -0.05) is 11.2 Å². The minimum Gasteiger partial charge on any atom is -0.339 e. The summed E-state index contributed by atoms with van der Waals surface area (Å²) in [5.41, 5.74) is -0.0375. The van der Waals surface area contributed by atoms with Gasteiger partial charge >= 0.3 is 0 Å². The monoisotopic (exact) mass is 279 g/mol. The average molecular weight is 279 g/mol. The molecule has 1 unspecified atom stereocenters. The third kappa shape index (κ3) is 2.70. The van der Waals surface area contributed by atoms with Gasteiger partial charge in [-0.05, 0) is 31.5 Å². The normalized spacial score (nSPS) is 19.2. The average Bonchev–Trinajstić information content (AvgIpc) is 2.93. The maximum Gasteiger partial charge on any atom is 0.231 e. The molecular weight excluding hydrogens is 264 g/mol. The number of hydrogen-bond donors (Lipinski definition) is 1. The lowest BCUT2D eigenvalue weighted by Crippen LogP contribution is -2.28. The Labute approximate surface area is 115 Å². The van der Waals surface area contributed by atoms with Crippen molar-refractivity contribution in [3.63, 3.8) is 0 Å². The topological polar surface area (TPSA) is 51.0 Å². The van der Waals surface area contributed by atoms with Crippen molar-refractivity contribution in [1.29, 1.82) is 0 Å². The highest BCUT2D eigenvalue weighted by atomic mass is 19.1. The Kier molecular flexibility index (Phi) is 3.73. The molecule has 4 nitrogen and oxygen atoms in total. The highest BCUT2D eigenvalue weighted by Gasteiger charge is 2.21. The number of piperidine rings is 1. The first-order valence-corrected chi connectivity index (χ1v) is 6.70. The number of aromatic nitrogens is 2. The Morgan fingerprint density at radius 1 is 1.30 bits per heavy atom. The van der Waals surface area contributed by atoms with E-state index in [4.69, 9.17) is 4.52 Å². The molecule has 3 rings (SSSR count). The Morgan fingerprint density at radius 2 is 2.10 bits per heavy atom. The van der Waals surface area contributed by atoms with Gasteiger partial charge in [0.15, 0.2) is 5.82 Å². The van der Waals surface area contributed by atoms with Crippen molar-refractivity contribution in [2.75, 3.05) is 13.1 Å². The maximum absolute atomic E-state index is 13.6. The number of benzene rings is 1. The van der Waals surface area contributed by atoms with Crippen molar-refractivity contribution in [1.82, 2.24) is 15.5 Å². The van der Waals surface area contributed by atoms with E-state index in [1.54, 1.807) is 0 Å². The first kappa shape index (κ1) is 13.2. The van der Waals surface area contributed by atoms with Gasteiger partial charge in [0.1, 0.15) is 11.6 Å². The summed E-state index contributed by atoms with van der Waals surface area (Å²) in [6, 6.07) is 3.78. The Morgan fingerprint density at radius 3 is 2.80 bits per heavy atom. The molecule has 0 saturated carbocycles. The van der Waals surface area contributed by atoms with Crippen molar-refractivity contribution >= 4 is 0 Å². The van der Waals surface area contributed by atoms with Crippen molar-refractivity contribution in [2.45, 2.75) is 25.2 Å². The standard InChI is InChI=1S/C14H15F2N3O/c15-11-4-1-5-12(16)10(11)7-13-18-14(19-20-13)9-3-2-6-17-8-9/h1,4-5,9,17H,2-3,6-8H2. The third-order valence-corrected chi connectivity index (χ3v) is 3.54. The second-order valence-corrected chi connectivity index (χ2v) is 4.97. The molecular formula is C14H15F2N3O. The van der Waals surface area contributed by atoms with Crippen LogP contribution in [-0.2, 0) is 6.42 Å². The van der Waals surface area contributed by atoms with E-state index < -0.39 is 11.6 Å². The summed E-state index contributed by atoms with van der Waals surface area (Å²) in [7, 11) is 0. The third-order valence-electron chi connectivity index (χ3n) is 3.54. The van der Waals surface area contributed by atoms with E-state index >= 15 is 0 Å². The van der Waals surface area contributed by atoms with Gasteiger partial charge in [0, 0.05) is 18.0 Å². The van der Waals surface area contributed by atoms with Gasteiger partial charge in [-0.25, -0.2) is 8.78 Å². The summed E-state index contributed by atoms with van der Waals surface area (Å²) in [6.07, 6.45) is 2.04. The molecule has 6 heteroatoms. The van der Waals surface area contributed by atoms with Crippen LogP contribution >= 0.6 is 0 Å². The Balaban J connectivity index is 1.77. The van der Waals surface area contributed by atoms with Crippen LogP contribution < -0.4 is 5.32 Å². The molecule has 1 atom stereocenters. The molecule has 0 amide bonds. The highest BCUT2D eigenvalue weighted by molar-refractivity contribution is 5.22. The SMILES string of the molecule is Fc1cccc(F)c1Cc1nc(C2CCCNC2)no1. The van der Waals surface area contributed by atoms with Crippen LogP contribution in [0.4, 0.5) is 8.78 Å². The zero-order chi connectivity index (χ0) is 13.9. The first-order chi connectivity index (χ1) is 9.74. The number of nitrogens with zero attached hydrogens (tertiary/aromatic N) is 2. The second-order valence-electron chi connectivity index (χ2n) is 4.97. The molecule has 1 aromatic heterocycles. The lowest BCUT2D eigenvalue weighted by Gasteiger charge is -2.19. The fourth-order valence-electron chi connectivity index (χ4n) is 2.43. The summed E-state index contributed by atoms with van der Waals surface area (Å²) in [5, 5.41) is 7.19. The minimum absolute atomic E-state index is 0.0222. The number of hydrogen-bond acceptors (Lipinski definition) is 4. The lowest BCUT2D eigenvalue weighted by molar-refractivity contribution is 0.363. The quantitative estimate of drug-likeness (QED) is 0.937. The zero-order valence-electron chi connectivity index (χ0n) is 10.9. The molecule has 0 bridgehead atoms. The molecule has 1 aliphatic heterocycles. The summed E-state index contributed by atoms with van der Waals surface area (Å²) in [6.45, 7) is 1.81. The van der Waals surface area contributed by atoms with Gasteiger partial charge in [0.2, 0.25) is 5.89 Å². The van der Waals surface area contributed by atoms with Crippen LogP contribution in [0.1, 0.15) is 36.0 Å². The van der Waals surface area contributed by atoms with Crippen molar-refractivity contribution in [3.05, 3.63) is 47.1 Å². The molecule has 1 aliphatic rings. The van der Waals surface area contributed by atoms with Crippen LogP contribution in [0.3, 0.4) is 0 Å². The van der Waals surface area contributed by atoms with Crippen LogP contribution in [0.5, 0.6) is 0 Å². The van der Waals surface area contributed by atoms with Crippen LogP contribution in [0.25, 0.3) is 0 Å². The van der Waals surface area contributed by atoms with Crippen LogP contribution in [0.2, 0.25) is 0 Å². The lowest BCUT2D eigenvalue weighted by atomic mass is 9.99. The molecule has 0 aliphatic carbocycles. The molecule has 0 radical (unpaired) electrons. The van der Waals surface area contributed by atoms with Crippen molar-refractivity contribution in [2.24, 2.45) is 0 Å². The fraction of sp³-hybridized carbons (Fsp3) is 0.429. The highest BCUT2D eigenvalue weighted by Crippen LogP contribution is 2.22.